The molecule has 0 fully saturated rings. The molecule has 6 nitrogen and oxygen atoms in total. The minimum Gasteiger partial charge on any atom is -0.496 e. The minimum absolute atomic E-state index is 0.290. The van der Waals surface area contributed by atoms with Crippen molar-refractivity contribution in [3.8, 4) is 23.1 Å². The number of anilines is 1. The second-order valence-corrected chi connectivity index (χ2v) is 6.30. The number of ether oxygens (including phenoxy) is 3. The summed E-state index contributed by atoms with van der Waals surface area (Å²) in [5, 5.41) is 10.7. The van der Waals surface area contributed by atoms with Crippen molar-refractivity contribution in [2.75, 3.05) is 12.8 Å². The van der Waals surface area contributed by atoms with Crippen molar-refractivity contribution < 1.29 is 19.3 Å². The van der Waals surface area contributed by atoms with Gasteiger partial charge in [0.1, 0.15) is 23.4 Å². The number of para-hydroxylation sites is 1. The zero-order chi connectivity index (χ0) is 18.8. The Bertz CT molecular complexity index is 960. The highest BCUT2D eigenvalue weighted by molar-refractivity contribution is 5.51. The van der Waals surface area contributed by atoms with Gasteiger partial charge in [-0.05, 0) is 36.4 Å². The average Bonchev–Trinajstić information content (AvgIpc) is 2.70. The quantitative estimate of drug-likeness (QED) is 0.727. The number of fused-ring (bicyclic) bond motifs is 1. The SMILES string of the molecule is COc1ccccc1C1CC(O)c2cc(Oc3ncccc3N)ccc2O1. The van der Waals surface area contributed by atoms with Crippen molar-refractivity contribution in [2.24, 2.45) is 0 Å². The molecule has 27 heavy (non-hydrogen) atoms. The monoisotopic (exact) mass is 364 g/mol. The van der Waals surface area contributed by atoms with Gasteiger partial charge in [0, 0.05) is 23.7 Å². The van der Waals surface area contributed by atoms with Crippen LogP contribution >= 0.6 is 0 Å². The van der Waals surface area contributed by atoms with Crippen molar-refractivity contribution in [2.45, 2.75) is 18.6 Å². The van der Waals surface area contributed by atoms with Gasteiger partial charge in [-0.25, -0.2) is 4.98 Å². The Kier molecular flexibility index (Phi) is 4.56. The van der Waals surface area contributed by atoms with Gasteiger partial charge in [0.2, 0.25) is 5.88 Å². The van der Waals surface area contributed by atoms with E-state index in [1.165, 1.54) is 0 Å². The molecule has 1 aliphatic rings. The van der Waals surface area contributed by atoms with E-state index in [1.54, 1.807) is 43.6 Å². The molecule has 1 aliphatic heterocycles. The summed E-state index contributed by atoms with van der Waals surface area (Å²) in [7, 11) is 1.62. The van der Waals surface area contributed by atoms with E-state index in [0.29, 0.717) is 35.1 Å². The Morgan fingerprint density at radius 3 is 2.78 bits per heavy atom. The molecular formula is C21H20N2O4. The standard InChI is InChI=1S/C21H20N2O4/c1-25-18-7-3-2-5-14(18)20-12-17(24)15-11-13(8-9-19(15)27-20)26-21-16(22)6-4-10-23-21/h2-11,17,20,24H,12,22H2,1H3. The van der Waals surface area contributed by atoms with Crippen molar-refractivity contribution in [1.82, 2.24) is 4.98 Å². The number of nitrogen functional groups attached to an aromatic ring is 1. The van der Waals surface area contributed by atoms with Gasteiger partial charge in [0.15, 0.2) is 0 Å². The molecule has 2 unspecified atom stereocenters. The van der Waals surface area contributed by atoms with Crippen molar-refractivity contribution in [3.05, 3.63) is 71.9 Å². The summed E-state index contributed by atoms with van der Waals surface area (Å²) in [6.45, 7) is 0. The molecule has 0 saturated carbocycles. The van der Waals surface area contributed by atoms with Crippen molar-refractivity contribution in [3.63, 3.8) is 0 Å². The van der Waals surface area contributed by atoms with Gasteiger partial charge in [-0.2, -0.15) is 0 Å². The number of methoxy groups -OCH3 is 1. The van der Waals surface area contributed by atoms with Gasteiger partial charge < -0.3 is 25.1 Å². The van der Waals surface area contributed by atoms with Crippen LogP contribution in [-0.4, -0.2) is 17.2 Å². The van der Waals surface area contributed by atoms with Gasteiger partial charge in [-0.1, -0.05) is 18.2 Å². The number of aliphatic hydroxyl groups excluding tert-OH is 1. The third-order valence-corrected chi connectivity index (χ3v) is 4.55. The lowest BCUT2D eigenvalue weighted by atomic mass is 9.94. The maximum absolute atomic E-state index is 10.7. The molecule has 0 saturated heterocycles. The molecule has 2 heterocycles. The molecule has 1 aromatic heterocycles. The number of nitrogens with zero attached hydrogens (tertiary/aromatic N) is 1. The number of aromatic nitrogens is 1. The van der Waals surface area contributed by atoms with Crippen LogP contribution < -0.4 is 19.9 Å². The van der Waals surface area contributed by atoms with Crippen LogP contribution in [0.15, 0.2) is 60.8 Å². The highest BCUT2D eigenvalue weighted by Gasteiger charge is 2.30. The van der Waals surface area contributed by atoms with E-state index in [4.69, 9.17) is 19.9 Å². The molecule has 3 N–H and O–H groups in total. The highest BCUT2D eigenvalue weighted by atomic mass is 16.5. The Labute approximate surface area is 157 Å². The van der Waals surface area contributed by atoms with Crippen molar-refractivity contribution >= 4 is 5.69 Å². The van der Waals surface area contributed by atoms with Crippen LogP contribution in [0.5, 0.6) is 23.1 Å². The predicted octanol–water partition coefficient (Wildman–Crippen LogP) is 4.02. The van der Waals surface area contributed by atoms with Crippen LogP contribution in [0.25, 0.3) is 0 Å². The topological polar surface area (TPSA) is 86.8 Å². The number of nitrogens with two attached hydrogens (primary N) is 1. The minimum atomic E-state index is -0.687. The zero-order valence-corrected chi connectivity index (χ0v) is 14.8. The van der Waals surface area contributed by atoms with Crippen LogP contribution in [0.3, 0.4) is 0 Å². The summed E-state index contributed by atoms with van der Waals surface area (Å²) in [6.07, 6.45) is 1.05. The summed E-state index contributed by atoms with van der Waals surface area (Å²) in [5.74, 6) is 2.22. The highest BCUT2D eigenvalue weighted by Crippen LogP contribution is 2.44. The molecule has 3 aromatic rings. The smallest absolute Gasteiger partial charge is 0.242 e. The maximum Gasteiger partial charge on any atom is 0.242 e. The lowest BCUT2D eigenvalue weighted by molar-refractivity contribution is 0.0643. The Balaban J connectivity index is 1.60. The largest absolute Gasteiger partial charge is 0.496 e. The summed E-state index contributed by atoms with van der Waals surface area (Å²) in [5.41, 5.74) is 7.90. The first-order valence-corrected chi connectivity index (χ1v) is 8.65. The molecule has 4 rings (SSSR count). The summed E-state index contributed by atoms with van der Waals surface area (Å²) >= 11 is 0. The number of hydrogen-bond donors (Lipinski definition) is 2. The third-order valence-electron chi connectivity index (χ3n) is 4.55. The molecule has 0 aliphatic carbocycles. The van der Waals surface area contributed by atoms with Crippen LogP contribution in [0.2, 0.25) is 0 Å². The molecule has 0 spiro atoms. The van der Waals surface area contributed by atoms with Gasteiger partial charge >= 0.3 is 0 Å². The van der Waals surface area contributed by atoms with Crippen molar-refractivity contribution in [1.29, 1.82) is 0 Å². The lowest BCUT2D eigenvalue weighted by Gasteiger charge is -2.30. The van der Waals surface area contributed by atoms with Gasteiger partial charge in [0.25, 0.3) is 0 Å². The summed E-state index contributed by atoms with van der Waals surface area (Å²) in [4.78, 5) is 4.12. The number of aliphatic hydroxyl groups is 1. The molecule has 2 atom stereocenters. The second-order valence-electron chi connectivity index (χ2n) is 6.30. The zero-order valence-electron chi connectivity index (χ0n) is 14.8. The normalized spacial score (nSPS) is 18.3. The fourth-order valence-electron chi connectivity index (χ4n) is 3.21. The lowest BCUT2D eigenvalue weighted by Crippen LogP contribution is -2.19. The predicted molar refractivity (Wildman–Crippen MR) is 101 cm³/mol. The fraction of sp³-hybridized carbons (Fsp3) is 0.190. The van der Waals surface area contributed by atoms with Crippen LogP contribution in [0, 0.1) is 0 Å². The van der Waals surface area contributed by atoms with Gasteiger partial charge in [-0.15, -0.1) is 0 Å². The molecule has 0 bridgehead atoms. The Hall–Kier alpha value is -3.25. The first-order chi connectivity index (χ1) is 13.2. The third kappa shape index (κ3) is 3.39. The first kappa shape index (κ1) is 17.2. The number of benzene rings is 2. The van der Waals surface area contributed by atoms with E-state index in [-0.39, 0.29) is 6.10 Å². The Morgan fingerprint density at radius 1 is 1.11 bits per heavy atom. The summed E-state index contributed by atoms with van der Waals surface area (Å²) in [6, 6.07) is 16.4. The second kappa shape index (κ2) is 7.17. The fourth-order valence-corrected chi connectivity index (χ4v) is 3.21. The molecule has 138 valence electrons. The molecule has 0 radical (unpaired) electrons. The molecule has 2 aromatic carbocycles. The van der Waals surface area contributed by atoms with Crippen LogP contribution in [0.1, 0.15) is 29.8 Å². The van der Waals surface area contributed by atoms with Gasteiger partial charge in [-0.3, -0.25) is 0 Å². The van der Waals surface area contributed by atoms with E-state index < -0.39 is 6.10 Å². The van der Waals surface area contributed by atoms with E-state index in [9.17, 15) is 5.11 Å². The van der Waals surface area contributed by atoms with E-state index in [1.807, 2.05) is 24.3 Å². The number of rotatable bonds is 4. The maximum atomic E-state index is 10.7. The molecule has 0 amide bonds. The van der Waals surface area contributed by atoms with E-state index in [0.717, 1.165) is 11.3 Å². The number of hydrogen-bond acceptors (Lipinski definition) is 6. The van der Waals surface area contributed by atoms with Crippen LogP contribution in [-0.2, 0) is 0 Å². The van der Waals surface area contributed by atoms with Crippen LogP contribution in [0.4, 0.5) is 5.69 Å². The Morgan fingerprint density at radius 2 is 1.96 bits per heavy atom. The molecule has 6 heteroatoms. The van der Waals surface area contributed by atoms with E-state index in [2.05, 4.69) is 4.98 Å². The average molecular weight is 364 g/mol. The first-order valence-electron chi connectivity index (χ1n) is 8.65. The van der Waals surface area contributed by atoms with Gasteiger partial charge in [0.05, 0.1) is 18.9 Å². The van der Waals surface area contributed by atoms with E-state index >= 15 is 0 Å². The summed E-state index contributed by atoms with van der Waals surface area (Å²) < 4.78 is 17.3. The number of pyridine rings is 1. The molecular weight excluding hydrogens is 344 g/mol.